The number of benzene rings is 1. The van der Waals surface area contributed by atoms with Crippen LogP contribution in [0, 0.1) is 6.92 Å². The van der Waals surface area contributed by atoms with E-state index in [9.17, 15) is 4.79 Å². The topological polar surface area (TPSA) is 41.6 Å². The Kier molecular flexibility index (Phi) is 4.37. The van der Waals surface area contributed by atoms with Crippen molar-refractivity contribution in [3.05, 3.63) is 28.2 Å². The highest BCUT2D eigenvalue weighted by Gasteiger charge is 2.25. The SMILES string of the molecule is Cc1ccc(Br)cc1N(C)C(=O)C1COCCN1. The van der Waals surface area contributed by atoms with Gasteiger partial charge in [-0.15, -0.1) is 0 Å². The maximum atomic E-state index is 12.3. The molecule has 1 atom stereocenters. The van der Waals surface area contributed by atoms with Gasteiger partial charge in [0.25, 0.3) is 0 Å². The molecular formula is C13H17BrN2O2. The van der Waals surface area contributed by atoms with Gasteiger partial charge in [0.2, 0.25) is 5.91 Å². The molecule has 1 heterocycles. The first-order valence-electron chi connectivity index (χ1n) is 5.94. The maximum absolute atomic E-state index is 12.3. The Balaban J connectivity index is 2.16. The first kappa shape index (κ1) is 13.5. The fraction of sp³-hybridized carbons (Fsp3) is 0.462. The van der Waals surface area contributed by atoms with Crippen LogP contribution in [0.15, 0.2) is 22.7 Å². The van der Waals surface area contributed by atoms with Crippen LogP contribution in [0.5, 0.6) is 0 Å². The summed E-state index contributed by atoms with van der Waals surface area (Å²) in [6.07, 6.45) is 0. The summed E-state index contributed by atoms with van der Waals surface area (Å²) in [6.45, 7) is 3.83. The van der Waals surface area contributed by atoms with Crippen molar-refractivity contribution in [2.45, 2.75) is 13.0 Å². The number of likely N-dealkylation sites (N-methyl/N-ethyl adjacent to an activating group) is 1. The molecule has 1 aliphatic heterocycles. The molecule has 1 fully saturated rings. The van der Waals surface area contributed by atoms with E-state index in [1.807, 2.05) is 25.1 Å². The van der Waals surface area contributed by atoms with Crippen molar-refractivity contribution in [3.8, 4) is 0 Å². The summed E-state index contributed by atoms with van der Waals surface area (Å²) in [5, 5.41) is 3.18. The van der Waals surface area contributed by atoms with Gasteiger partial charge in [0.15, 0.2) is 0 Å². The predicted octanol–water partition coefficient (Wildman–Crippen LogP) is 1.71. The van der Waals surface area contributed by atoms with Gasteiger partial charge in [0, 0.05) is 23.8 Å². The zero-order valence-electron chi connectivity index (χ0n) is 10.6. The van der Waals surface area contributed by atoms with Gasteiger partial charge < -0.3 is 15.0 Å². The number of carbonyl (C=O) groups is 1. The lowest BCUT2D eigenvalue weighted by Crippen LogP contribution is -2.51. The number of rotatable bonds is 2. The predicted molar refractivity (Wildman–Crippen MR) is 74.9 cm³/mol. The number of morpholine rings is 1. The molecule has 0 saturated carbocycles. The molecule has 0 aromatic heterocycles. The molecule has 18 heavy (non-hydrogen) atoms. The molecular weight excluding hydrogens is 296 g/mol. The quantitative estimate of drug-likeness (QED) is 0.904. The average molecular weight is 313 g/mol. The number of anilines is 1. The second-order valence-corrected chi connectivity index (χ2v) is 5.33. The third kappa shape index (κ3) is 2.91. The highest BCUT2D eigenvalue weighted by atomic mass is 79.9. The lowest BCUT2D eigenvalue weighted by atomic mass is 10.1. The van der Waals surface area contributed by atoms with Gasteiger partial charge in [-0.05, 0) is 24.6 Å². The molecule has 1 N–H and O–H groups in total. The Morgan fingerprint density at radius 2 is 2.33 bits per heavy atom. The standard InChI is InChI=1S/C13H17BrN2O2/c1-9-3-4-10(14)7-12(9)16(2)13(17)11-8-18-6-5-15-11/h3-4,7,11,15H,5-6,8H2,1-2H3. The van der Waals surface area contributed by atoms with Crippen LogP contribution in [0.3, 0.4) is 0 Å². The summed E-state index contributed by atoms with van der Waals surface area (Å²) in [6, 6.07) is 5.67. The third-order valence-corrected chi connectivity index (χ3v) is 3.58. The van der Waals surface area contributed by atoms with E-state index in [2.05, 4.69) is 21.2 Å². The molecule has 4 nitrogen and oxygen atoms in total. The van der Waals surface area contributed by atoms with Gasteiger partial charge in [-0.3, -0.25) is 4.79 Å². The summed E-state index contributed by atoms with van der Waals surface area (Å²) < 4.78 is 6.29. The second-order valence-electron chi connectivity index (χ2n) is 4.41. The molecule has 0 aliphatic carbocycles. The first-order valence-corrected chi connectivity index (χ1v) is 6.74. The molecule has 1 aromatic carbocycles. The molecule has 2 rings (SSSR count). The zero-order chi connectivity index (χ0) is 13.1. The highest BCUT2D eigenvalue weighted by Crippen LogP contribution is 2.24. The minimum absolute atomic E-state index is 0.0379. The van der Waals surface area contributed by atoms with Crippen molar-refractivity contribution in [1.82, 2.24) is 5.32 Å². The van der Waals surface area contributed by atoms with Crippen LogP contribution < -0.4 is 10.2 Å². The van der Waals surface area contributed by atoms with Gasteiger partial charge in [0.1, 0.15) is 6.04 Å². The Morgan fingerprint density at radius 3 is 3.00 bits per heavy atom. The molecule has 1 unspecified atom stereocenters. The van der Waals surface area contributed by atoms with Crippen LogP contribution in [-0.2, 0) is 9.53 Å². The van der Waals surface area contributed by atoms with E-state index in [1.54, 1.807) is 11.9 Å². The fourth-order valence-corrected chi connectivity index (χ4v) is 2.37. The summed E-state index contributed by atoms with van der Waals surface area (Å²) in [5.74, 6) is 0.0379. The Hall–Kier alpha value is -0.910. The van der Waals surface area contributed by atoms with Gasteiger partial charge in [-0.1, -0.05) is 22.0 Å². The molecule has 98 valence electrons. The number of amides is 1. The normalized spacial score (nSPS) is 19.6. The molecule has 0 bridgehead atoms. The molecule has 1 aromatic rings. The summed E-state index contributed by atoms with van der Waals surface area (Å²) >= 11 is 3.43. The van der Waals surface area contributed by atoms with Crippen molar-refractivity contribution in [1.29, 1.82) is 0 Å². The lowest BCUT2D eigenvalue weighted by molar-refractivity contribution is -0.123. The maximum Gasteiger partial charge on any atom is 0.246 e. The molecule has 0 radical (unpaired) electrons. The Morgan fingerprint density at radius 1 is 1.56 bits per heavy atom. The highest BCUT2D eigenvalue weighted by molar-refractivity contribution is 9.10. The third-order valence-electron chi connectivity index (χ3n) is 3.08. The second kappa shape index (κ2) is 5.82. The van der Waals surface area contributed by atoms with Crippen molar-refractivity contribution >= 4 is 27.5 Å². The number of halogens is 1. The molecule has 1 aliphatic rings. The average Bonchev–Trinajstić information content (AvgIpc) is 2.41. The lowest BCUT2D eigenvalue weighted by Gasteiger charge is -2.28. The van der Waals surface area contributed by atoms with E-state index < -0.39 is 0 Å². The van der Waals surface area contributed by atoms with E-state index in [0.29, 0.717) is 13.2 Å². The number of ether oxygens (including phenoxy) is 1. The van der Waals surface area contributed by atoms with Crippen LogP contribution in [0.1, 0.15) is 5.56 Å². The van der Waals surface area contributed by atoms with Crippen molar-refractivity contribution < 1.29 is 9.53 Å². The van der Waals surface area contributed by atoms with Gasteiger partial charge in [0.05, 0.1) is 13.2 Å². The summed E-state index contributed by atoms with van der Waals surface area (Å²) in [5.41, 5.74) is 1.99. The Bertz CT molecular complexity index is 445. The van der Waals surface area contributed by atoms with Crippen molar-refractivity contribution in [2.75, 3.05) is 31.7 Å². The largest absolute Gasteiger partial charge is 0.378 e. The van der Waals surface area contributed by atoms with Crippen LogP contribution in [0.4, 0.5) is 5.69 Å². The monoisotopic (exact) mass is 312 g/mol. The van der Waals surface area contributed by atoms with Crippen molar-refractivity contribution in [3.63, 3.8) is 0 Å². The Labute approximate surface area is 115 Å². The van der Waals surface area contributed by atoms with E-state index in [-0.39, 0.29) is 11.9 Å². The summed E-state index contributed by atoms with van der Waals surface area (Å²) in [4.78, 5) is 14.0. The number of hydrogen-bond donors (Lipinski definition) is 1. The van der Waals surface area contributed by atoms with Crippen LogP contribution in [0.25, 0.3) is 0 Å². The van der Waals surface area contributed by atoms with Crippen LogP contribution >= 0.6 is 15.9 Å². The molecule has 1 amide bonds. The molecule has 5 heteroatoms. The molecule has 0 spiro atoms. The molecule has 1 saturated heterocycles. The van der Waals surface area contributed by atoms with E-state index in [0.717, 1.165) is 22.3 Å². The van der Waals surface area contributed by atoms with Crippen LogP contribution in [0.2, 0.25) is 0 Å². The number of hydrogen-bond acceptors (Lipinski definition) is 3. The van der Waals surface area contributed by atoms with E-state index >= 15 is 0 Å². The van der Waals surface area contributed by atoms with Crippen molar-refractivity contribution in [2.24, 2.45) is 0 Å². The minimum atomic E-state index is -0.248. The number of carbonyl (C=O) groups excluding carboxylic acids is 1. The van der Waals surface area contributed by atoms with E-state index in [1.165, 1.54) is 0 Å². The number of nitrogens with one attached hydrogen (secondary N) is 1. The van der Waals surface area contributed by atoms with Gasteiger partial charge in [-0.2, -0.15) is 0 Å². The zero-order valence-corrected chi connectivity index (χ0v) is 12.2. The summed E-state index contributed by atoms with van der Waals surface area (Å²) in [7, 11) is 1.80. The smallest absolute Gasteiger partial charge is 0.246 e. The number of aryl methyl sites for hydroxylation is 1. The van der Waals surface area contributed by atoms with Gasteiger partial charge in [-0.25, -0.2) is 0 Å². The fourth-order valence-electron chi connectivity index (χ4n) is 2.02. The first-order chi connectivity index (χ1) is 8.59. The number of nitrogens with zero attached hydrogens (tertiary/aromatic N) is 1. The van der Waals surface area contributed by atoms with Crippen LogP contribution in [-0.4, -0.2) is 38.8 Å². The minimum Gasteiger partial charge on any atom is -0.378 e. The van der Waals surface area contributed by atoms with E-state index in [4.69, 9.17) is 4.74 Å². The van der Waals surface area contributed by atoms with Gasteiger partial charge >= 0.3 is 0 Å².